The summed E-state index contributed by atoms with van der Waals surface area (Å²) in [6.07, 6.45) is 1.80. The van der Waals surface area contributed by atoms with E-state index in [4.69, 9.17) is 10.5 Å². The Kier molecular flexibility index (Phi) is 5.36. The zero-order valence-corrected chi connectivity index (χ0v) is 9.44. The number of esters is 1. The largest absolute Gasteiger partial charge is 0.493 e. The van der Waals surface area contributed by atoms with Gasteiger partial charge in [0.2, 0.25) is 0 Å². The minimum atomic E-state index is -0.380. The number of ether oxygens (including phenoxy) is 2. The summed E-state index contributed by atoms with van der Waals surface area (Å²) in [6.45, 7) is 1.22. The second kappa shape index (κ2) is 6.85. The highest BCUT2D eigenvalue weighted by atomic mass is 16.5. The van der Waals surface area contributed by atoms with E-state index < -0.39 is 0 Å². The smallest absolute Gasteiger partial charge is 0.341 e. The maximum atomic E-state index is 11.4. The minimum Gasteiger partial charge on any atom is -0.493 e. The molecule has 0 radical (unpaired) electrons. The zero-order valence-electron chi connectivity index (χ0n) is 9.44. The second-order valence-electron chi connectivity index (χ2n) is 3.33. The van der Waals surface area contributed by atoms with Crippen LogP contribution in [0.4, 0.5) is 0 Å². The SMILES string of the molecule is COC(=O)c1ccccc1OCCCCN. The Morgan fingerprint density at radius 1 is 1.31 bits per heavy atom. The van der Waals surface area contributed by atoms with Gasteiger partial charge >= 0.3 is 5.97 Å². The van der Waals surface area contributed by atoms with Crippen molar-refractivity contribution < 1.29 is 14.3 Å². The summed E-state index contributed by atoms with van der Waals surface area (Å²) >= 11 is 0. The summed E-state index contributed by atoms with van der Waals surface area (Å²) in [6, 6.07) is 7.04. The van der Waals surface area contributed by atoms with Crippen molar-refractivity contribution in [3.05, 3.63) is 29.8 Å². The van der Waals surface area contributed by atoms with Crippen LogP contribution in [-0.4, -0.2) is 26.2 Å². The van der Waals surface area contributed by atoms with Gasteiger partial charge in [0.15, 0.2) is 0 Å². The Bertz CT molecular complexity index is 339. The van der Waals surface area contributed by atoms with E-state index in [9.17, 15) is 4.79 Å². The number of para-hydroxylation sites is 1. The molecule has 2 N–H and O–H groups in total. The number of hydrogen-bond donors (Lipinski definition) is 1. The van der Waals surface area contributed by atoms with Crippen molar-refractivity contribution in [3.8, 4) is 5.75 Å². The lowest BCUT2D eigenvalue weighted by Crippen LogP contribution is -2.07. The van der Waals surface area contributed by atoms with Gasteiger partial charge in [0.1, 0.15) is 11.3 Å². The van der Waals surface area contributed by atoms with Crippen molar-refractivity contribution in [1.82, 2.24) is 0 Å². The predicted octanol–water partition coefficient (Wildman–Crippen LogP) is 1.59. The van der Waals surface area contributed by atoms with Crippen LogP contribution in [0.15, 0.2) is 24.3 Å². The van der Waals surface area contributed by atoms with E-state index >= 15 is 0 Å². The van der Waals surface area contributed by atoms with Gasteiger partial charge in [-0.3, -0.25) is 0 Å². The first kappa shape index (κ1) is 12.5. The van der Waals surface area contributed by atoms with Crippen LogP contribution in [0.3, 0.4) is 0 Å². The van der Waals surface area contributed by atoms with Crippen molar-refractivity contribution in [3.63, 3.8) is 0 Å². The number of methoxy groups -OCH3 is 1. The molecule has 0 aromatic heterocycles. The highest BCUT2D eigenvalue weighted by Crippen LogP contribution is 2.18. The molecule has 0 spiro atoms. The van der Waals surface area contributed by atoms with Crippen molar-refractivity contribution in [2.45, 2.75) is 12.8 Å². The molecule has 0 aliphatic heterocycles. The molecule has 0 atom stereocenters. The Morgan fingerprint density at radius 2 is 2.06 bits per heavy atom. The molecule has 88 valence electrons. The third kappa shape index (κ3) is 3.55. The number of unbranched alkanes of at least 4 members (excludes halogenated alkanes) is 1. The van der Waals surface area contributed by atoms with Crippen LogP contribution >= 0.6 is 0 Å². The Morgan fingerprint density at radius 3 is 2.75 bits per heavy atom. The molecule has 1 rings (SSSR count). The highest BCUT2D eigenvalue weighted by Gasteiger charge is 2.11. The summed E-state index contributed by atoms with van der Waals surface area (Å²) in [5.41, 5.74) is 5.83. The van der Waals surface area contributed by atoms with Crippen molar-refractivity contribution in [1.29, 1.82) is 0 Å². The molecule has 0 amide bonds. The van der Waals surface area contributed by atoms with Gasteiger partial charge in [-0.25, -0.2) is 4.79 Å². The van der Waals surface area contributed by atoms with E-state index in [1.165, 1.54) is 7.11 Å². The Hall–Kier alpha value is -1.55. The molecule has 0 aliphatic rings. The van der Waals surface area contributed by atoms with Crippen LogP contribution in [0.2, 0.25) is 0 Å². The average Bonchev–Trinajstić information content (AvgIpc) is 2.34. The fourth-order valence-corrected chi connectivity index (χ4v) is 1.30. The first-order valence-electron chi connectivity index (χ1n) is 5.29. The molecule has 0 fully saturated rings. The number of benzene rings is 1. The molecule has 0 aliphatic carbocycles. The molecule has 4 heteroatoms. The Labute approximate surface area is 95.3 Å². The molecule has 0 saturated carbocycles. The number of carbonyl (C=O) groups is 1. The van der Waals surface area contributed by atoms with Gasteiger partial charge in [0.05, 0.1) is 13.7 Å². The summed E-state index contributed by atoms with van der Waals surface area (Å²) in [5, 5.41) is 0. The third-order valence-corrected chi connectivity index (χ3v) is 2.15. The number of hydrogen-bond acceptors (Lipinski definition) is 4. The quantitative estimate of drug-likeness (QED) is 0.587. The van der Waals surface area contributed by atoms with E-state index in [2.05, 4.69) is 4.74 Å². The molecule has 1 aromatic carbocycles. The number of rotatable bonds is 6. The lowest BCUT2D eigenvalue weighted by atomic mass is 10.2. The van der Waals surface area contributed by atoms with Crippen LogP contribution < -0.4 is 10.5 Å². The first-order chi connectivity index (χ1) is 7.79. The standard InChI is InChI=1S/C12H17NO3/c1-15-12(14)10-6-2-3-7-11(10)16-9-5-4-8-13/h2-3,6-7H,4-5,8-9,13H2,1H3. The van der Waals surface area contributed by atoms with Crippen LogP contribution in [0, 0.1) is 0 Å². The van der Waals surface area contributed by atoms with E-state index in [1.54, 1.807) is 18.2 Å². The maximum Gasteiger partial charge on any atom is 0.341 e. The normalized spacial score (nSPS) is 9.88. The predicted molar refractivity (Wildman–Crippen MR) is 61.6 cm³/mol. The van der Waals surface area contributed by atoms with Gasteiger partial charge in [0.25, 0.3) is 0 Å². The van der Waals surface area contributed by atoms with Crippen LogP contribution in [0.1, 0.15) is 23.2 Å². The van der Waals surface area contributed by atoms with E-state index in [0.29, 0.717) is 24.5 Å². The molecule has 1 aromatic rings. The summed E-state index contributed by atoms with van der Waals surface area (Å²) in [7, 11) is 1.35. The zero-order chi connectivity index (χ0) is 11.8. The van der Waals surface area contributed by atoms with E-state index in [1.807, 2.05) is 6.07 Å². The molecule has 0 saturated heterocycles. The molecular weight excluding hydrogens is 206 g/mol. The van der Waals surface area contributed by atoms with Crippen molar-refractivity contribution in [2.75, 3.05) is 20.3 Å². The van der Waals surface area contributed by atoms with Gasteiger partial charge in [-0.2, -0.15) is 0 Å². The topological polar surface area (TPSA) is 61.5 Å². The monoisotopic (exact) mass is 223 g/mol. The summed E-state index contributed by atoms with van der Waals surface area (Å²) < 4.78 is 10.2. The van der Waals surface area contributed by atoms with Crippen molar-refractivity contribution in [2.24, 2.45) is 5.73 Å². The second-order valence-corrected chi connectivity index (χ2v) is 3.33. The van der Waals surface area contributed by atoms with Gasteiger partial charge in [0, 0.05) is 0 Å². The van der Waals surface area contributed by atoms with Gasteiger partial charge in [-0.15, -0.1) is 0 Å². The fraction of sp³-hybridized carbons (Fsp3) is 0.417. The summed E-state index contributed by atoms with van der Waals surface area (Å²) in [4.78, 5) is 11.4. The lowest BCUT2D eigenvalue weighted by molar-refractivity contribution is 0.0596. The number of carbonyl (C=O) groups excluding carboxylic acids is 1. The molecule has 0 heterocycles. The van der Waals surface area contributed by atoms with E-state index in [-0.39, 0.29) is 5.97 Å². The van der Waals surface area contributed by atoms with Crippen LogP contribution in [-0.2, 0) is 4.74 Å². The van der Waals surface area contributed by atoms with E-state index in [0.717, 1.165) is 12.8 Å². The highest BCUT2D eigenvalue weighted by molar-refractivity contribution is 5.92. The molecular formula is C12H17NO3. The van der Waals surface area contributed by atoms with Gasteiger partial charge < -0.3 is 15.2 Å². The maximum absolute atomic E-state index is 11.4. The van der Waals surface area contributed by atoms with Crippen LogP contribution in [0.5, 0.6) is 5.75 Å². The van der Waals surface area contributed by atoms with Crippen LogP contribution in [0.25, 0.3) is 0 Å². The third-order valence-electron chi connectivity index (χ3n) is 2.15. The lowest BCUT2D eigenvalue weighted by Gasteiger charge is -2.09. The summed E-state index contributed by atoms with van der Waals surface area (Å²) in [5.74, 6) is 0.181. The minimum absolute atomic E-state index is 0.380. The first-order valence-corrected chi connectivity index (χ1v) is 5.29. The Balaban J connectivity index is 2.60. The molecule has 0 unspecified atom stereocenters. The average molecular weight is 223 g/mol. The molecule has 16 heavy (non-hydrogen) atoms. The van der Waals surface area contributed by atoms with Gasteiger partial charge in [-0.05, 0) is 31.5 Å². The molecule has 0 bridgehead atoms. The number of nitrogens with two attached hydrogens (primary N) is 1. The fourth-order valence-electron chi connectivity index (χ4n) is 1.30. The van der Waals surface area contributed by atoms with Gasteiger partial charge in [-0.1, -0.05) is 12.1 Å². The molecule has 4 nitrogen and oxygen atoms in total. The van der Waals surface area contributed by atoms with Crippen molar-refractivity contribution >= 4 is 5.97 Å².